The van der Waals surface area contributed by atoms with Gasteiger partial charge in [-0.1, -0.05) is 20.8 Å². The summed E-state index contributed by atoms with van der Waals surface area (Å²) in [6.07, 6.45) is 1.52. The second kappa shape index (κ2) is 4.39. The molecular formula is C12H22N4O. The lowest BCUT2D eigenvalue weighted by molar-refractivity contribution is 0.0630. The Hall–Kier alpha value is -1.52. The Bertz CT molecular complexity index is 417. The van der Waals surface area contributed by atoms with Gasteiger partial charge in [0.1, 0.15) is 11.4 Å². The summed E-state index contributed by atoms with van der Waals surface area (Å²) >= 11 is 0. The van der Waals surface area contributed by atoms with Gasteiger partial charge >= 0.3 is 0 Å². The van der Waals surface area contributed by atoms with E-state index in [0.29, 0.717) is 11.4 Å². The molecular weight excluding hydrogens is 216 g/mol. The fourth-order valence-electron chi connectivity index (χ4n) is 1.56. The molecule has 1 unspecified atom stereocenters. The summed E-state index contributed by atoms with van der Waals surface area (Å²) < 4.78 is 1.50. The van der Waals surface area contributed by atoms with Crippen molar-refractivity contribution >= 4 is 11.7 Å². The van der Waals surface area contributed by atoms with E-state index in [4.69, 9.17) is 5.73 Å². The smallest absolute Gasteiger partial charge is 0.259 e. The molecule has 1 aromatic heterocycles. The maximum absolute atomic E-state index is 12.3. The highest BCUT2D eigenvalue weighted by Crippen LogP contribution is 2.25. The van der Waals surface area contributed by atoms with E-state index in [2.05, 4.69) is 25.9 Å². The molecule has 1 aromatic rings. The summed E-state index contributed by atoms with van der Waals surface area (Å²) in [7, 11) is 3.52. The standard InChI is InChI=1S/C12H22N4O/c1-8(12(2,3)4)15(5)11(17)9-7-14-16(6)10(9)13/h7-8H,13H2,1-6H3. The summed E-state index contributed by atoms with van der Waals surface area (Å²) in [5.74, 6) is 0.320. The molecule has 0 radical (unpaired) electrons. The van der Waals surface area contributed by atoms with Crippen LogP contribution in [0.4, 0.5) is 5.82 Å². The molecule has 1 heterocycles. The first kappa shape index (κ1) is 13.5. The predicted molar refractivity (Wildman–Crippen MR) is 68.6 cm³/mol. The number of carbonyl (C=O) groups excluding carboxylic acids is 1. The van der Waals surface area contributed by atoms with Crippen molar-refractivity contribution in [2.45, 2.75) is 33.7 Å². The number of hydrogen-bond donors (Lipinski definition) is 1. The Labute approximate surface area is 103 Å². The van der Waals surface area contributed by atoms with Crippen LogP contribution in [0, 0.1) is 5.41 Å². The number of aryl methyl sites for hydroxylation is 1. The molecule has 5 heteroatoms. The zero-order valence-electron chi connectivity index (χ0n) is 11.5. The minimum absolute atomic E-state index is 0.0291. The topological polar surface area (TPSA) is 64.2 Å². The average molecular weight is 238 g/mol. The average Bonchev–Trinajstić information content (AvgIpc) is 2.55. The molecule has 0 aliphatic rings. The minimum atomic E-state index is -0.0852. The minimum Gasteiger partial charge on any atom is -0.383 e. The molecule has 0 saturated carbocycles. The molecule has 0 spiro atoms. The van der Waals surface area contributed by atoms with E-state index in [1.54, 1.807) is 19.0 Å². The van der Waals surface area contributed by atoms with Gasteiger partial charge in [-0.15, -0.1) is 0 Å². The third-order valence-electron chi connectivity index (χ3n) is 3.37. The number of aromatic nitrogens is 2. The molecule has 0 aliphatic heterocycles. The third kappa shape index (κ3) is 2.60. The number of rotatable bonds is 2. The molecule has 1 atom stereocenters. The van der Waals surface area contributed by atoms with Crippen LogP contribution in [-0.2, 0) is 7.05 Å². The van der Waals surface area contributed by atoms with Crippen molar-refractivity contribution in [3.05, 3.63) is 11.8 Å². The molecule has 2 N–H and O–H groups in total. The normalized spacial score (nSPS) is 13.5. The van der Waals surface area contributed by atoms with E-state index < -0.39 is 0 Å². The molecule has 17 heavy (non-hydrogen) atoms. The molecule has 5 nitrogen and oxygen atoms in total. The van der Waals surface area contributed by atoms with Crippen LogP contribution in [0.2, 0.25) is 0 Å². The van der Waals surface area contributed by atoms with Crippen LogP contribution in [0.5, 0.6) is 0 Å². The Morgan fingerprint density at radius 3 is 2.41 bits per heavy atom. The fourth-order valence-corrected chi connectivity index (χ4v) is 1.56. The van der Waals surface area contributed by atoms with Crippen molar-refractivity contribution in [1.82, 2.24) is 14.7 Å². The van der Waals surface area contributed by atoms with Crippen LogP contribution in [0.15, 0.2) is 6.20 Å². The molecule has 0 bridgehead atoms. The highest BCUT2D eigenvalue weighted by molar-refractivity contribution is 5.98. The summed E-state index contributed by atoms with van der Waals surface area (Å²) in [5, 5.41) is 3.99. The molecule has 0 aromatic carbocycles. The van der Waals surface area contributed by atoms with Crippen molar-refractivity contribution in [2.24, 2.45) is 12.5 Å². The Morgan fingerprint density at radius 2 is 2.06 bits per heavy atom. The van der Waals surface area contributed by atoms with E-state index in [9.17, 15) is 4.79 Å². The summed E-state index contributed by atoms with van der Waals surface area (Å²) in [6, 6.07) is 0.120. The molecule has 1 rings (SSSR count). The van der Waals surface area contributed by atoms with E-state index >= 15 is 0 Å². The largest absolute Gasteiger partial charge is 0.383 e. The van der Waals surface area contributed by atoms with Crippen LogP contribution in [0.1, 0.15) is 38.1 Å². The van der Waals surface area contributed by atoms with Crippen LogP contribution < -0.4 is 5.73 Å². The zero-order chi connectivity index (χ0) is 13.4. The number of carbonyl (C=O) groups is 1. The quantitative estimate of drug-likeness (QED) is 0.849. The Morgan fingerprint density at radius 1 is 1.53 bits per heavy atom. The predicted octanol–water partition coefficient (Wildman–Crippen LogP) is 1.51. The number of amides is 1. The van der Waals surface area contributed by atoms with E-state index in [-0.39, 0.29) is 17.4 Å². The lowest BCUT2D eigenvalue weighted by Crippen LogP contribution is -2.43. The molecule has 96 valence electrons. The summed E-state index contributed by atoms with van der Waals surface area (Å²) in [5.41, 5.74) is 6.30. The van der Waals surface area contributed by atoms with Gasteiger partial charge < -0.3 is 10.6 Å². The first-order valence-electron chi connectivity index (χ1n) is 5.71. The van der Waals surface area contributed by atoms with Crippen molar-refractivity contribution in [3.63, 3.8) is 0 Å². The lowest BCUT2D eigenvalue weighted by Gasteiger charge is -2.35. The van der Waals surface area contributed by atoms with Crippen molar-refractivity contribution in [1.29, 1.82) is 0 Å². The zero-order valence-corrected chi connectivity index (χ0v) is 11.5. The van der Waals surface area contributed by atoms with Gasteiger partial charge in [-0.05, 0) is 12.3 Å². The van der Waals surface area contributed by atoms with Crippen LogP contribution in [0.3, 0.4) is 0 Å². The third-order valence-corrected chi connectivity index (χ3v) is 3.37. The van der Waals surface area contributed by atoms with Gasteiger partial charge in [0.15, 0.2) is 0 Å². The Kier molecular flexibility index (Phi) is 3.50. The van der Waals surface area contributed by atoms with Gasteiger partial charge in [0.2, 0.25) is 0 Å². The molecule has 1 amide bonds. The van der Waals surface area contributed by atoms with Crippen molar-refractivity contribution in [3.8, 4) is 0 Å². The van der Waals surface area contributed by atoms with E-state index in [1.165, 1.54) is 10.9 Å². The molecule has 0 aliphatic carbocycles. The number of anilines is 1. The number of nitrogen functional groups attached to an aromatic ring is 1. The van der Waals surface area contributed by atoms with Crippen LogP contribution in [-0.4, -0.2) is 33.7 Å². The van der Waals surface area contributed by atoms with Gasteiger partial charge in [0.05, 0.1) is 6.20 Å². The first-order valence-corrected chi connectivity index (χ1v) is 5.71. The van der Waals surface area contributed by atoms with E-state index in [0.717, 1.165) is 0 Å². The number of nitrogens with zero attached hydrogens (tertiary/aromatic N) is 3. The summed E-state index contributed by atoms with van der Waals surface area (Å²) in [4.78, 5) is 14.0. The number of nitrogens with two attached hydrogens (primary N) is 1. The monoisotopic (exact) mass is 238 g/mol. The van der Waals surface area contributed by atoms with Gasteiger partial charge in [-0.25, -0.2) is 0 Å². The van der Waals surface area contributed by atoms with E-state index in [1.807, 2.05) is 6.92 Å². The lowest BCUT2D eigenvalue weighted by atomic mass is 9.87. The van der Waals surface area contributed by atoms with Gasteiger partial charge in [-0.3, -0.25) is 9.48 Å². The highest BCUT2D eigenvalue weighted by atomic mass is 16.2. The van der Waals surface area contributed by atoms with Crippen LogP contribution >= 0.6 is 0 Å². The van der Waals surface area contributed by atoms with Gasteiger partial charge in [0, 0.05) is 20.1 Å². The number of hydrogen-bond acceptors (Lipinski definition) is 3. The fraction of sp³-hybridized carbons (Fsp3) is 0.667. The molecule has 0 fully saturated rings. The maximum Gasteiger partial charge on any atom is 0.259 e. The Balaban J connectivity index is 2.95. The second-order valence-electron chi connectivity index (χ2n) is 5.53. The van der Waals surface area contributed by atoms with Crippen molar-refractivity contribution < 1.29 is 4.79 Å². The second-order valence-corrected chi connectivity index (χ2v) is 5.53. The first-order chi connectivity index (χ1) is 7.66. The summed E-state index contributed by atoms with van der Waals surface area (Å²) in [6.45, 7) is 8.35. The van der Waals surface area contributed by atoms with Crippen molar-refractivity contribution in [2.75, 3.05) is 12.8 Å². The van der Waals surface area contributed by atoms with Crippen LogP contribution in [0.25, 0.3) is 0 Å². The highest BCUT2D eigenvalue weighted by Gasteiger charge is 2.29. The van der Waals surface area contributed by atoms with Gasteiger partial charge in [-0.2, -0.15) is 5.10 Å². The SMILES string of the molecule is CC(N(C)C(=O)c1cnn(C)c1N)C(C)(C)C. The molecule has 0 saturated heterocycles. The van der Waals surface area contributed by atoms with Gasteiger partial charge in [0.25, 0.3) is 5.91 Å². The maximum atomic E-state index is 12.3.